The first kappa shape index (κ1) is 11.1. The molecule has 0 saturated carbocycles. The van der Waals surface area contributed by atoms with Crippen LogP contribution in [0.5, 0.6) is 0 Å². The van der Waals surface area contributed by atoms with E-state index in [0.29, 0.717) is 6.54 Å². The van der Waals surface area contributed by atoms with Crippen molar-refractivity contribution in [3.05, 3.63) is 11.9 Å². The third-order valence-corrected chi connectivity index (χ3v) is 2.74. The van der Waals surface area contributed by atoms with Gasteiger partial charge in [-0.2, -0.15) is 0 Å². The Bertz CT molecular complexity index is 375. The molecule has 1 saturated heterocycles. The van der Waals surface area contributed by atoms with Crippen molar-refractivity contribution in [1.29, 1.82) is 0 Å². The van der Waals surface area contributed by atoms with Crippen molar-refractivity contribution in [3.63, 3.8) is 0 Å². The van der Waals surface area contributed by atoms with Crippen LogP contribution >= 0.6 is 0 Å². The molecule has 1 fully saturated rings. The van der Waals surface area contributed by atoms with Crippen LogP contribution in [-0.2, 0) is 18.4 Å². The summed E-state index contributed by atoms with van der Waals surface area (Å²) in [6, 6.07) is -0.0980. The lowest BCUT2D eigenvalue weighted by molar-refractivity contribution is -0.132. The second kappa shape index (κ2) is 4.61. The molecular formula is C10H17N5O. The molecule has 16 heavy (non-hydrogen) atoms. The number of hydrogen-bond acceptors (Lipinski definition) is 4. The minimum atomic E-state index is -0.0980. The lowest BCUT2D eigenvalue weighted by Crippen LogP contribution is -2.41. The topological polar surface area (TPSA) is 63.1 Å². The van der Waals surface area contributed by atoms with E-state index in [1.54, 1.807) is 4.68 Å². The van der Waals surface area contributed by atoms with Gasteiger partial charge in [-0.1, -0.05) is 5.21 Å². The van der Waals surface area contributed by atoms with Gasteiger partial charge in [0.2, 0.25) is 5.91 Å². The fourth-order valence-electron chi connectivity index (χ4n) is 1.88. The zero-order valence-electron chi connectivity index (χ0n) is 9.68. The number of carbonyl (C=O) groups is 1. The van der Waals surface area contributed by atoms with E-state index in [2.05, 4.69) is 15.6 Å². The maximum atomic E-state index is 12.0. The van der Waals surface area contributed by atoms with Crippen LogP contribution < -0.4 is 5.32 Å². The van der Waals surface area contributed by atoms with Gasteiger partial charge in [0.1, 0.15) is 5.69 Å². The van der Waals surface area contributed by atoms with Crippen LogP contribution in [0.25, 0.3) is 0 Å². The van der Waals surface area contributed by atoms with Gasteiger partial charge in [-0.3, -0.25) is 9.48 Å². The smallest absolute Gasteiger partial charge is 0.239 e. The van der Waals surface area contributed by atoms with E-state index >= 15 is 0 Å². The molecular weight excluding hydrogens is 206 g/mol. The fourth-order valence-corrected chi connectivity index (χ4v) is 1.88. The molecule has 1 aliphatic rings. The summed E-state index contributed by atoms with van der Waals surface area (Å²) in [7, 11) is 1.82. The lowest BCUT2D eigenvalue weighted by Gasteiger charge is -2.21. The average Bonchev–Trinajstić information content (AvgIpc) is 2.60. The third-order valence-electron chi connectivity index (χ3n) is 2.74. The number of rotatable bonds is 2. The molecule has 6 heteroatoms. The number of carbonyl (C=O) groups excluding carboxylic acids is 1. The summed E-state index contributed by atoms with van der Waals surface area (Å²) >= 11 is 0. The van der Waals surface area contributed by atoms with Crippen molar-refractivity contribution in [2.75, 3.05) is 13.1 Å². The van der Waals surface area contributed by atoms with E-state index in [1.165, 1.54) is 0 Å². The molecule has 2 heterocycles. The standard InChI is InChI=1S/C10H17N5O/c1-8-10(16)15(5-3-4-11-8)7-9-6-14(2)13-12-9/h6,8,11H,3-5,7H2,1-2H3. The Balaban J connectivity index is 2.04. The van der Waals surface area contributed by atoms with Crippen LogP contribution in [0.15, 0.2) is 6.20 Å². The molecule has 0 spiro atoms. The van der Waals surface area contributed by atoms with Crippen LogP contribution in [0.4, 0.5) is 0 Å². The Kier molecular flexibility index (Phi) is 3.19. The van der Waals surface area contributed by atoms with Gasteiger partial charge in [0.15, 0.2) is 0 Å². The van der Waals surface area contributed by atoms with Crippen LogP contribution in [0.3, 0.4) is 0 Å². The number of aromatic nitrogens is 3. The number of aryl methyl sites for hydroxylation is 1. The first-order valence-corrected chi connectivity index (χ1v) is 5.54. The van der Waals surface area contributed by atoms with Crippen molar-refractivity contribution in [1.82, 2.24) is 25.2 Å². The molecule has 1 N–H and O–H groups in total. The maximum Gasteiger partial charge on any atom is 0.239 e. The molecule has 1 atom stereocenters. The average molecular weight is 223 g/mol. The summed E-state index contributed by atoms with van der Waals surface area (Å²) in [5.41, 5.74) is 0.838. The Morgan fingerprint density at radius 2 is 2.44 bits per heavy atom. The first-order chi connectivity index (χ1) is 7.66. The Morgan fingerprint density at radius 1 is 1.62 bits per heavy atom. The van der Waals surface area contributed by atoms with Gasteiger partial charge in [-0.15, -0.1) is 5.10 Å². The number of nitrogens with one attached hydrogen (secondary N) is 1. The predicted molar refractivity (Wildman–Crippen MR) is 58.5 cm³/mol. The molecule has 1 aliphatic heterocycles. The molecule has 0 aliphatic carbocycles. The van der Waals surface area contributed by atoms with E-state index in [1.807, 2.05) is 25.1 Å². The third kappa shape index (κ3) is 2.38. The largest absolute Gasteiger partial charge is 0.335 e. The first-order valence-electron chi connectivity index (χ1n) is 5.54. The summed E-state index contributed by atoms with van der Waals surface area (Å²) in [5, 5.41) is 11.0. The number of amides is 1. The van der Waals surface area contributed by atoms with Crippen molar-refractivity contribution in [2.45, 2.75) is 25.9 Å². The maximum absolute atomic E-state index is 12.0. The van der Waals surface area contributed by atoms with E-state index in [-0.39, 0.29) is 11.9 Å². The summed E-state index contributed by atoms with van der Waals surface area (Å²) in [6.45, 7) is 4.13. The zero-order chi connectivity index (χ0) is 11.5. The monoisotopic (exact) mass is 223 g/mol. The molecule has 0 bridgehead atoms. The van der Waals surface area contributed by atoms with E-state index in [0.717, 1.165) is 25.2 Å². The van der Waals surface area contributed by atoms with E-state index in [9.17, 15) is 4.79 Å². The molecule has 1 aromatic rings. The van der Waals surface area contributed by atoms with Gasteiger partial charge >= 0.3 is 0 Å². The Morgan fingerprint density at radius 3 is 3.12 bits per heavy atom. The molecule has 1 unspecified atom stereocenters. The Labute approximate surface area is 94.6 Å². The van der Waals surface area contributed by atoms with Gasteiger partial charge < -0.3 is 10.2 Å². The summed E-state index contributed by atoms with van der Waals surface area (Å²) < 4.78 is 1.65. The van der Waals surface area contributed by atoms with Gasteiger partial charge in [-0.05, 0) is 19.9 Å². The van der Waals surface area contributed by atoms with E-state index < -0.39 is 0 Å². The van der Waals surface area contributed by atoms with Crippen molar-refractivity contribution in [3.8, 4) is 0 Å². The minimum absolute atomic E-state index is 0.0980. The fraction of sp³-hybridized carbons (Fsp3) is 0.700. The second-order valence-electron chi connectivity index (χ2n) is 4.17. The molecule has 1 amide bonds. The molecule has 0 aromatic carbocycles. The van der Waals surface area contributed by atoms with E-state index in [4.69, 9.17) is 0 Å². The van der Waals surface area contributed by atoms with Crippen molar-refractivity contribution >= 4 is 5.91 Å². The highest BCUT2D eigenvalue weighted by molar-refractivity contribution is 5.81. The predicted octanol–water partition coefficient (Wildman–Crippen LogP) is -0.474. The highest BCUT2D eigenvalue weighted by atomic mass is 16.2. The van der Waals surface area contributed by atoms with Crippen LogP contribution in [-0.4, -0.2) is 44.9 Å². The summed E-state index contributed by atoms with van der Waals surface area (Å²) in [4.78, 5) is 13.8. The normalized spacial score (nSPS) is 22.2. The SMILES string of the molecule is CC1NCCCN(Cc2cn(C)nn2)C1=O. The quantitative estimate of drug-likeness (QED) is 0.736. The molecule has 88 valence electrons. The Hall–Kier alpha value is -1.43. The summed E-state index contributed by atoms with van der Waals surface area (Å²) in [5.74, 6) is 0.142. The highest BCUT2D eigenvalue weighted by Crippen LogP contribution is 2.06. The minimum Gasteiger partial charge on any atom is -0.335 e. The van der Waals surface area contributed by atoms with Crippen molar-refractivity contribution in [2.24, 2.45) is 7.05 Å². The van der Waals surface area contributed by atoms with Gasteiger partial charge in [-0.25, -0.2) is 0 Å². The zero-order valence-corrected chi connectivity index (χ0v) is 9.68. The van der Waals surface area contributed by atoms with Crippen LogP contribution in [0.2, 0.25) is 0 Å². The highest BCUT2D eigenvalue weighted by Gasteiger charge is 2.23. The van der Waals surface area contributed by atoms with Crippen LogP contribution in [0, 0.1) is 0 Å². The summed E-state index contributed by atoms with van der Waals surface area (Å²) in [6.07, 6.45) is 2.83. The lowest BCUT2D eigenvalue weighted by atomic mass is 10.3. The van der Waals surface area contributed by atoms with Gasteiger partial charge in [0.25, 0.3) is 0 Å². The molecule has 6 nitrogen and oxygen atoms in total. The number of hydrogen-bond donors (Lipinski definition) is 1. The second-order valence-corrected chi connectivity index (χ2v) is 4.17. The molecule has 1 aromatic heterocycles. The van der Waals surface area contributed by atoms with Crippen LogP contribution in [0.1, 0.15) is 19.0 Å². The van der Waals surface area contributed by atoms with Gasteiger partial charge in [0, 0.05) is 19.8 Å². The molecule has 0 radical (unpaired) electrons. The number of nitrogens with zero attached hydrogens (tertiary/aromatic N) is 4. The van der Waals surface area contributed by atoms with Gasteiger partial charge in [0.05, 0.1) is 12.6 Å². The van der Waals surface area contributed by atoms with Crippen molar-refractivity contribution < 1.29 is 4.79 Å². The molecule has 2 rings (SSSR count).